The highest BCUT2D eigenvalue weighted by Crippen LogP contribution is 2.32. The maximum Gasteiger partial charge on any atom is 0.150 e. The van der Waals surface area contributed by atoms with Gasteiger partial charge in [0.15, 0.2) is 0 Å². The molecule has 0 fully saturated rings. The van der Waals surface area contributed by atoms with E-state index in [1.54, 1.807) is 6.07 Å². The lowest BCUT2D eigenvalue weighted by Gasteiger charge is -2.11. The van der Waals surface area contributed by atoms with Crippen molar-refractivity contribution in [1.82, 2.24) is 0 Å². The van der Waals surface area contributed by atoms with Crippen molar-refractivity contribution in [2.75, 3.05) is 0 Å². The highest BCUT2D eigenvalue weighted by Gasteiger charge is 2.09. The van der Waals surface area contributed by atoms with Crippen LogP contribution in [-0.2, 0) is 6.61 Å². The molecular weight excluding hydrogens is 534 g/mol. The van der Waals surface area contributed by atoms with Crippen molar-refractivity contribution in [2.45, 2.75) is 6.61 Å². The van der Waals surface area contributed by atoms with Gasteiger partial charge in [-0.2, -0.15) is 0 Å². The summed E-state index contributed by atoms with van der Waals surface area (Å²) in [5.74, 6) is 0.768. The van der Waals surface area contributed by atoms with Crippen LogP contribution in [0.3, 0.4) is 0 Å². The van der Waals surface area contributed by atoms with Crippen molar-refractivity contribution in [2.24, 2.45) is 0 Å². The Morgan fingerprint density at radius 2 is 1.84 bits per heavy atom. The first-order chi connectivity index (χ1) is 9.10. The van der Waals surface area contributed by atoms with Crippen LogP contribution in [0.4, 0.5) is 0 Å². The Morgan fingerprint density at radius 1 is 1.16 bits per heavy atom. The van der Waals surface area contributed by atoms with Gasteiger partial charge in [-0.15, -0.1) is 0 Å². The van der Waals surface area contributed by atoms with Gasteiger partial charge in [0.25, 0.3) is 0 Å². The second-order valence-electron chi connectivity index (χ2n) is 3.85. The van der Waals surface area contributed by atoms with Crippen LogP contribution in [0.1, 0.15) is 15.9 Å². The molecule has 0 saturated carbocycles. The van der Waals surface area contributed by atoms with Crippen molar-refractivity contribution >= 4 is 67.4 Å². The average Bonchev–Trinajstić information content (AvgIpc) is 2.39. The van der Waals surface area contributed by atoms with Crippen LogP contribution < -0.4 is 4.74 Å². The molecule has 2 aromatic rings. The van der Waals surface area contributed by atoms with Crippen LogP contribution in [0.2, 0.25) is 0 Å². The molecular formula is C14H9BrI2O2. The zero-order valence-electron chi connectivity index (χ0n) is 9.70. The monoisotopic (exact) mass is 542 g/mol. The Labute approximate surface area is 147 Å². The minimum Gasteiger partial charge on any atom is -0.487 e. The Morgan fingerprint density at radius 3 is 2.42 bits per heavy atom. The van der Waals surface area contributed by atoms with E-state index in [0.29, 0.717) is 12.2 Å². The van der Waals surface area contributed by atoms with Gasteiger partial charge < -0.3 is 4.74 Å². The standard InChI is InChI=1S/C14H9BrI2O2/c15-12-5-10(7-18)6-13(17)14(12)19-8-9-1-3-11(16)4-2-9/h1-7H,8H2. The summed E-state index contributed by atoms with van der Waals surface area (Å²) in [6.45, 7) is 0.506. The summed E-state index contributed by atoms with van der Waals surface area (Å²) >= 11 is 7.87. The largest absolute Gasteiger partial charge is 0.487 e. The lowest BCUT2D eigenvalue weighted by atomic mass is 10.2. The summed E-state index contributed by atoms with van der Waals surface area (Å²) in [6.07, 6.45) is 0.829. The Hall–Kier alpha value is -0.150. The van der Waals surface area contributed by atoms with Gasteiger partial charge in [0, 0.05) is 9.13 Å². The van der Waals surface area contributed by atoms with Gasteiger partial charge in [-0.25, -0.2) is 0 Å². The first-order valence-corrected chi connectivity index (χ1v) is 8.36. The summed E-state index contributed by atoms with van der Waals surface area (Å²) in [4.78, 5) is 10.8. The molecule has 0 atom stereocenters. The lowest BCUT2D eigenvalue weighted by Crippen LogP contribution is -1.99. The van der Waals surface area contributed by atoms with Gasteiger partial charge in [0.1, 0.15) is 18.6 Å². The molecule has 0 N–H and O–H groups in total. The molecule has 0 aliphatic carbocycles. The SMILES string of the molecule is O=Cc1cc(Br)c(OCc2ccc(I)cc2)c(I)c1. The highest BCUT2D eigenvalue weighted by molar-refractivity contribution is 14.1. The number of rotatable bonds is 4. The molecule has 0 saturated heterocycles. The quantitative estimate of drug-likeness (QED) is 0.399. The molecule has 0 aromatic heterocycles. The molecule has 0 radical (unpaired) electrons. The van der Waals surface area contributed by atoms with Crippen molar-refractivity contribution in [3.8, 4) is 5.75 Å². The summed E-state index contributed by atoms with van der Waals surface area (Å²) in [5, 5.41) is 0. The molecule has 0 spiro atoms. The maximum atomic E-state index is 10.8. The summed E-state index contributed by atoms with van der Waals surface area (Å²) in [6, 6.07) is 11.8. The molecule has 0 bridgehead atoms. The normalized spacial score (nSPS) is 10.3. The Balaban J connectivity index is 2.15. The predicted molar refractivity (Wildman–Crippen MR) is 95.7 cm³/mol. The van der Waals surface area contributed by atoms with Crippen molar-refractivity contribution < 1.29 is 9.53 Å². The first kappa shape index (κ1) is 15.2. The number of carbonyl (C=O) groups excluding carboxylic acids is 1. The molecule has 98 valence electrons. The second kappa shape index (κ2) is 7.03. The molecule has 5 heteroatoms. The van der Waals surface area contributed by atoms with Gasteiger partial charge in [-0.1, -0.05) is 12.1 Å². The van der Waals surface area contributed by atoms with E-state index in [1.165, 1.54) is 3.57 Å². The molecule has 19 heavy (non-hydrogen) atoms. The van der Waals surface area contributed by atoms with E-state index < -0.39 is 0 Å². The zero-order valence-corrected chi connectivity index (χ0v) is 15.6. The zero-order chi connectivity index (χ0) is 13.8. The Kier molecular flexibility index (Phi) is 5.64. The maximum absolute atomic E-state index is 10.8. The van der Waals surface area contributed by atoms with Crippen LogP contribution in [0.5, 0.6) is 5.75 Å². The fraction of sp³-hybridized carbons (Fsp3) is 0.0714. The minimum absolute atomic E-state index is 0.506. The predicted octanol–water partition coefficient (Wildman–Crippen LogP) is 5.05. The second-order valence-corrected chi connectivity index (χ2v) is 7.11. The van der Waals surface area contributed by atoms with E-state index in [9.17, 15) is 4.79 Å². The van der Waals surface area contributed by atoms with Crippen molar-refractivity contribution in [3.05, 3.63) is 59.1 Å². The third kappa shape index (κ3) is 4.16. The van der Waals surface area contributed by atoms with Crippen molar-refractivity contribution in [1.29, 1.82) is 0 Å². The van der Waals surface area contributed by atoms with Gasteiger partial charge in [0.05, 0.1) is 8.04 Å². The van der Waals surface area contributed by atoms with Crippen LogP contribution in [0.15, 0.2) is 40.9 Å². The molecule has 0 unspecified atom stereocenters. The third-order valence-electron chi connectivity index (χ3n) is 2.45. The molecule has 2 aromatic carbocycles. The van der Waals surface area contributed by atoms with E-state index in [1.807, 2.05) is 18.2 Å². The van der Waals surface area contributed by atoms with Crippen molar-refractivity contribution in [3.63, 3.8) is 0 Å². The highest BCUT2D eigenvalue weighted by atomic mass is 127. The van der Waals surface area contributed by atoms with Gasteiger partial charge in [-0.3, -0.25) is 4.79 Å². The van der Waals surface area contributed by atoms with E-state index in [0.717, 1.165) is 25.6 Å². The lowest BCUT2D eigenvalue weighted by molar-refractivity contribution is 0.112. The van der Waals surface area contributed by atoms with Crippen LogP contribution in [0, 0.1) is 7.14 Å². The number of benzene rings is 2. The van der Waals surface area contributed by atoms with Crippen LogP contribution in [0.25, 0.3) is 0 Å². The summed E-state index contributed by atoms with van der Waals surface area (Å²) in [7, 11) is 0. The number of hydrogen-bond donors (Lipinski definition) is 0. The van der Waals surface area contributed by atoms with Gasteiger partial charge >= 0.3 is 0 Å². The van der Waals surface area contributed by atoms with E-state index in [4.69, 9.17) is 4.74 Å². The summed E-state index contributed by atoms with van der Waals surface area (Å²) < 4.78 is 8.74. The van der Waals surface area contributed by atoms with Gasteiger partial charge in [0.2, 0.25) is 0 Å². The van der Waals surface area contributed by atoms with E-state index >= 15 is 0 Å². The van der Waals surface area contributed by atoms with Crippen LogP contribution in [-0.4, -0.2) is 6.29 Å². The number of hydrogen-bond acceptors (Lipinski definition) is 2. The summed E-state index contributed by atoms with van der Waals surface area (Å²) in [5.41, 5.74) is 1.75. The number of carbonyl (C=O) groups is 1. The number of ether oxygens (including phenoxy) is 1. The molecule has 0 aliphatic rings. The number of halogens is 3. The van der Waals surface area contributed by atoms with Crippen LogP contribution >= 0.6 is 61.1 Å². The topological polar surface area (TPSA) is 26.3 Å². The fourth-order valence-electron chi connectivity index (χ4n) is 1.52. The first-order valence-electron chi connectivity index (χ1n) is 5.41. The Bertz CT molecular complexity index is 574. The number of aldehydes is 1. The minimum atomic E-state index is 0.506. The van der Waals surface area contributed by atoms with E-state index in [-0.39, 0.29) is 0 Å². The molecule has 0 aliphatic heterocycles. The smallest absolute Gasteiger partial charge is 0.150 e. The fourth-order valence-corrected chi connectivity index (χ4v) is 3.65. The van der Waals surface area contributed by atoms with E-state index in [2.05, 4.69) is 73.2 Å². The molecule has 0 amide bonds. The molecule has 2 rings (SSSR count). The molecule has 0 heterocycles. The molecule has 2 nitrogen and oxygen atoms in total. The average molecular weight is 543 g/mol. The van der Waals surface area contributed by atoms with Gasteiger partial charge in [-0.05, 0) is 90.9 Å². The third-order valence-corrected chi connectivity index (χ3v) is 4.56.